The van der Waals surface area contributed by atoms with Gasteiger partial charge in [0.1, 0.15) is 11.6 Å². The molecule has 4 nitrogen and oxygen atoms in total. The number of esters is 1. The zero-order valence-corrected chi connectivity index (χ0v) is 10.3. The van der Waals surface area contributed by atoms with Crippen LogP contribution in [-0.4, -0.2) is 36.4 Å². The van der Waals surface area contributed by atoms with Crippen LogP contribution in [0.5, 0.6) is 0 Å². The minimum atomic E-state index is -0.392. The molecule has 0 saturated carbocycles. The SMILES string of the molecule is CC(C)(C)OC(=O)C1CC2(CCOCC2)N1. The van der Waals surface area contributed by atoms with Crippen LogP contribution < -0.4 is 5.32 Å². The number of hydrogen-bond acceptors (Lipinski definition) is 4. The maximum Gasteiger partial charge on any atom is 0.323 e. The van der Waals surface area contributed by atoms with Crippen LogP contribution in [0.3, 0.4) is 0 Å². The summed E-state index contributed by atoms with van der Waals surface area (Å²) in [6.45, 7) is 7.29. The molecular formula is C12H21NO3. The summed E-state index contributed by atoms with van der Waals surface area (Å²) in [6.07, 6.45) is 2.91. The molecule has 0 amide bonds. The van der Waals surface area contributed by atoms with Gasteiger partial charge in [-0.15, -0.1) is 0 Å². The Hall–Kier alpha value is -0.610. The minimum absolute atomic E-state index is 0.114. The highest BCUT2D eigenvalue weighted by Gasteiger charge is 2.48. The molecule has 16 heavy (non-hydrogen) atoms. The van der Waals surface area contributed by atoms with Crippen LogP contribution in [0.25, 0.3) is 0 Å². The van der Waals surface area contributed by atoms with Crippen molar-refractivity contribution in [3.8, 4) is 0 Å². The molecule has 4 heteroatoms. The van der Waals surface area contributed by atoms with Crippen molar-refractivity contribution in [1.29, 1.82) is 0 Å². The second-order valence-corrected chi connectivity index (χ2v) is 5.83. The molecule has 1 N–H and O–H groups in total. The van der Waals surface area contributed by atoms with Gasteiger partial charge in [-0.3, -0.25) is 10.1 Å². The van der Waals surface area contributed by atoms with Gasteiger partial charge in [0.25, 0.3) is 0 Å². The molecule has 92 valence electrons. The van der Waals surface area contributed by atoms with E-state index in [9.17, 15) is 4.79 Å². The van der Waals surface area contributed by atoms with Gasteiger partial charge in [0.15, 0.2) is 0 Å². The van der Waals surface area contributed by atoms with Crippen molar-refractivity contribution in [2.75, 3.05) is 13.2 Å². The van der Waals surface area contributed by atoms with Gasteiger partial charge >= 0.3 is 5.97 Å². The highest BCUT2D eigenvalue weighted by Crippen LogP contribution is 2.35. The lowest BCUT2D eigenvalue weighted by Crippen LogP contribution is -2.68. The second-order valence-electron chi connectivity index (χ2n) is 5.83. The first kappa shape index (κ1) is 11.9. The van der Waals surface area contributed by atoms with Crippen molar-refractivity contribution in [3.63, 3.8) is 0 Å². The van der Waals surface area contributed by atoms with Gasteiger partial charge < -0.3 is 9.47 Å². The Bertz CT molecular complexity index is 268. The summed E-state index contributed by atoms with van der Waals surface area (Å²) in [7, 11) is 0. The Morgan fingerprint density at radius 1 is 1.38 bits per heavy atom. The topological polar surface area (TPSA) is 47.6 Å². The molecule has 1 spiro atoms. The summed E-state index contributed by atoms with van der Waals surface area (Å²) >= 11 is 0. The lowest BCUT2D eigenvalue weighted by Gasteiger charge is -2.50. The Kier molecular flexibility index (Phi) is 2.97. The maximum atomic E-state index is 11.8. The predicted molar refractivity (Wildman–Crippen MR) is 60.2 cm³/mol. The fourth-order valence-corrected chi connectivity index (χ4v) is 2.36. The summed E-state index contributed by atoms with van der Waals surface area (Å²) in [5, 5.41) is 3.36. The van der Waals surface area contributed by atoms with Gasteiger partial charge in [-0.1, -0.05) is 0 Å². The summed E-state index contributed by atoms with van der Waals surface area (Å²) in [4.78, 5) is 11.8. The zero-order valence-electron chi connectivity index (χ0n) is 10.3. The molecule has 1 atom stereocenters. The summed E-state index contributed by atoms with van der Waals surface area (Å²) < 4.78 is 10.7. The smallest absolute Gasteiger partial charge is 0.323 e. The third kappa shape index (κ3) is 2.55. The first-order valence-electron chi connectivity index (χ1n) is 5.99. The van der Waals surface area contributed by atoms with Gasteiger partial charge in [-0.25, -0.2) is 0 Å². The van der Waals surface area contributed by atoms with E-state index in [1.807, 2.05) is 20.8 Å². The van der Waals surface area contributed by atoms with Crippen LogP contribution in [0.2, 0.25) is 0 Å². The fourth-order valence-electron chi connectivity index (χ4n) is 2.36. The molecule has 0 aromatic heterocycles. The van der Waals surface area contributed by atoms with Gasteiger partial charge in [0.2, 0.25) is 0 Å². The van der Waals surface area contributed by atoms with Crippen molar-refractivity contribution >= 4 is 5.97 Å². The predicted octanol–water partition coefficient (Wildman–Crippen LogP) is 1.24. The van der Waals surface area contributed by atoms with E-state index in [1.165, 1.54) is 0 Å². The van der Waals surface area contributed by atoms with Gasteiger partial charge in [0.05, 0.1) is 0 Å². The van der Waals surface area contributed by atoms with Crippen molar-refractivity contribution in [2.24, 2.45) is 0 Å². The fraction of sp³-hybridized carbons (Fsp3) is 0.917. The third-order valence-corrected chi connectivity index (χ3v) is 3.22. The Balaban J connectivity index is 1.81. The number of carbonyl (C=O) groups is 1. The molecule has 1 unspecified atom stereocenters. The van der Waals surface area contributed by atoms with E-state index >= 15 is 0 Å². The molecule has 2 heterocycles. The molecule has 0 aliphatic carbocycles. The average molecular weight is 227 g/mol. The van der Waals surface area contributed by atoms with Gasteiger partial charge in [-0.05, 0) is 40.0 Å². The lowest BCUT2D eigenvalue weighted by molar-refractivity contribution is -0.164. The van der Waals surface area contributed by atoms with Crippen molar-refractivity contribution in [3.05, 3.63) is 0 Å². The number of rotatable bonds is 1. The quantitative estimate of drug-likeness (QED) is 0.685. The number of hydrogen-bond donors (Lipinski definition) is 1. The largest absolute Gasteiger partial charge is 0.459 e. The molecule has 0 aromatic carbocycles. The number of ether oxygens (including phenoxy) is 2. The van der Waals surface area contributed by atoms with Gasteiger partial charge in [0, 0.05) is 18.8 Å². The van der Waals surface area contributed by atoms with E-state index in [0.29, 0.717) is 0 Å². The highest BCUT2D eigenvalue weighted by molar-refractivity contribution is 5.78. The van der Waals surface area contributed by atoms with E-state index in [-0.39, 0.29) is 17.6 Å². The first-order valence-corrected chi connectivity index (χ1v) is 5.99. The molecule has 2 saturated heterocycles. The lowest BCUT2D eigenvalue weighted by atomic mass is 9.76. The number of carbonyl (C=O) groups excluding carboxylic acids is 1. The Labute approximate surface area is 96.7 Å². The molecule has 2 rings (SSSR count). The van der Waals surface area contributed by atoms with Crippen LogP contribution in [0.4, 0.5) is 0 Å². The van der Waals surface area contributed by atoms with Crippen LogP contribution in [0.1, 0.15) is 40.0 Å². The molecule has 2 fully saturated rings. The second kappa shape index (κ2) is 4.00. The molecule has 0 aromatic rings. The minimum Gasteiger partial charge on any atom is -0.459 e. The summed E-state index contributed by atoms with van der Waals surface area (Å²) in [6, 6.07) is -0.114. The van der Waals surface area contributed by atoms with E-state index in [0.717, 1.165) is 32.5 Å². The van der Waals surface area contributed by atoms with Gasteiger partial charge in [-0.2, -0.15) is 0 Å². The van der Waals surface area contributed by atoms with E-state index in [2.05, 4.69) is 5.32 Å². The van der Waals surface area contributed by atoms with Crippen molar-refractivity contribution in [1.82, 2.24) is 5.32 Å². The van der Waals surface area contributed by atoms with E-state index < -0.39 is 5.60 Å². The molecule has 2 aliphatic rings. The summed E-state index contributed by atoms with van der Waals surface area (Å²) in [5.74, 6) is -0.121. The molecule has 2 aliphatic heterocycles. The molecule has 0 bridgehead atoms. The number of nitrogens with one attached hydrogen (secondary N) is 1. The van der Waals surface area contributed by atoms with E-state index in [4.69, 9.17) is 9.47 Å². The molecular weight excluding hydrogens is 206 g/mol. The van der Waals surface area contributed by atoms with Crippen molar-refractivity contribution in [2.45, 2.75) is 57.2 Å². The Morgan fingerprint density at radius 3 is 2.44 bits per heavy atom. The average Bonchev–Trinajstić information content (AvgIpc) is 2.12. The van der Waals surface area contributed by atoms with Crippen molar-refractivity contribution < 1.29 is 14.3 Å². The van der Waals surface area contributed by atoms with Crippen LogP contribution in [0.15, 0.2) is 0 Å². The summed E-state index contributed by atoms with van der Waals surface area (Å²) in [5.41, 5.74) is -0.239. The van der Waals surface area contributed by atoms with Crippen LogP contribution >= 0.6 is 0 Å². The molecule has 0 radical (unpaired) electrons. The van der Waals surface area contributed by atoms with Crippen LogP contribution in [-0.2, 0) is 14.3 Å². The third-order valence-electron chi connectivity index (χ3n) is 3.22. The van der Waals surface area contributed by atoms with Crippen LogP contribution in [0, 0.1) is 0 Å². The standard InChI is InChI=1S/C12H21NO3/c1-11(2,3)16-10(14)9-8-12(13-9)4-6-15-7-5-12/h9,13H,4-8H2,1-3H3. The maximum absolute atomic E-state index is 11.8. The Morgan fingerprint density at radius 2 is 1.94 bits per heavy atom. The zero-order chi connectivity index (χ0) is 11.8. The first-order chi connectivity index (χ1) is 7.40. The monoisotopic (exact) mass is 227 g/mol. The highest BCUT2D eigenvalue weighted by atomic mass is 16.6. The normalized spacial score (nSPS) is 28.6. The van der Waals surface area contributed by atoms with E-state index in [1.54, 1.807) is 0 Å².